The molecule has 0 amide bonds. The van der Waals surface area contributed by atoms with Gasteiger partial charge in [0.1, 0.15) is 0 Å². The number of hydrogen-bond acceptors (Lipinski definition) is 3. The van der Waals surface area contributed by atoms with Crippen molar-refractivity contribution < 1.29 is 8.42 Å². The number of likely N-dealkylation sites (N-methyl/N-ethyl adjacent to an activating group) is 1. The topological polar surface area (TPSA) is 63.4 Å². The molecule has 0 saturated heterocycles. The first kappa shape index (κ1) is 16.0. The maximum atomic E-state index is 12.5. The minimum atomic E-state index is -3.57. The summed E-state index contributed by atoms with van der Waals surface area (Å²) in [7, 11) is -3.57. The fourth-order valence-corrected chi connectivity index (χ4v) is 3.47. The van der Waals surface area contributed by atoms with Gasteiger partial charge in [-0.05, 0) is 31.5 Å². The summed E-state index contributed by atoms with van der Waals surface area (Å²) in [6, 6.07) is 2.93. The zero-order chi connectivity index (χ0) is 14.8. The number of rotatable bonds is 5. The van der Waals surface area contributed by atoms with E-state index >= 15 is 0 Å². The maximum Gasteiger partial charge on any atom is 0.243 e. The summed E-state index contributed by atoms with van der Waals surface area (Å²) in [5.41, 5.74) is 7.43. The highest BCUT2D eigenvalue weighted by Gasteiger charge is 2.24. The molecule has 0 bridgehead atoms. The second kappa shape index (κ2) is 5.94. The van der Waals surface area contributed by atoms with Crippen LogP contribution in [0, 0.1) is 6.92 Å². The lowest BCUT2D eigenvalue weighted by molar-refractivity contribution is 0.453. The Balaban J connectivity index is 3.30. The van der Waals surface area contributed by atoms with Gasteiger partial charge in [-0.3, -0.25) is 0 Å². The molecule has 6 heteroatoms. The quantitative estimate of drug-likeness (QED) is 0.672. The Morgan fingerprint density at radius 2 is 2.05 bits per heavy atom. The third kappa shape index (κ3) is 3.49. The molecule has 2 N–H and O–H groups in total. The van der Waals surface area contributed by atoms with Crippen LogP contribution in [0.4, 0.5) is 5.69 Å². The van der Waals surface area contributed by atoms with E-state index in [0.29, 0.717) is 23.7 Å². The van der Waals surface area contributed by atoms with E-state index in [1.165, 1.54) is 16.4 Å². The summed E-state index contributed by atoms with van der Waals surface area (Å²) in [6.45, 7) is 9.72. The smallest absolute Gasteiger partial charge is 0.243 e. The molecule has 0 aliphatic heterocycles. The molecule has 1 rings (SSSR count). The van der Waals surface area contributed by atoms with Crippen LogP contribution in [-0.2, 0) is 10.0 Å². The summed E-state index contributed by atoms with van der Waals surface area (Å²) in [5.74, 6) is 0. The van der Waals surface area contributed by atoms with Crippen LogP contribution in [-0.4, -0.2) is 25.8 Å². The van der Waals surface area contributed by atoms with Crippen molar-refractivity contribution in [3.05, 3.63) is 34.9 Å². The average Bonchev–Trinajstić information content (AvgIpc) is 2.31. The summed E-state index contributed by atoms with van der Waals surface area (Å²) >= 11 is 5.95. The standard InChI is InChI=1S/C13H19ClN2O2S/c1-5-16(8-9(2)3)19(17,18)11-6-10(4)13(14)12(15)7-11/h6-7H,2,5,8,15H2,1,3-4H3. The molecular weight excluding hydrogens is 284 g/mol. The van der Waals surface area contributed by atoms with E-state index in [9.17, 15) is 8.42 Å². The SMILES string of the molecule is C=C(C)CN(CC)S(=O)(=O)c1cc(C)c(Cl)c(N)c1. The van der Waals surface area contributed by atoms with Gasteiger partial charge in [0.2, 0.25) is 10.0 Å². The third-order valence-corrected chi connectivity index (χ3v) is 5.11. The predicted molar refractivity (Wildman–Crippen MR) is 79.8 cm³/mol. The molecule has 106 valence electrons. The van der Waals surface area contributed by atoms with E-state index in [1.54, 1.807) is 20.8 Å². The molecular formula is C13H19ClN2O2S. The predicted octanol–water partition coefficient (Wildman–Crippen LogP) is 2.82. The lowest BCUT2D eigenvalue weighted by Gasteiger charge is -2.21. The molecule has 4 nitrogen and oxygen atoms in total. The van der Waals surface area contributed by atoms with E-state index < -0.39 is 10.0 Å². The van der Waals surface area contributed by atoms with E-state index in [1.807, 2.05) is 0 Å². The lowest BCUT2D eigenvalue weighted by Crippen LogP contribution is -2.32. The number of nitrogens with two attached hydrogens (primary N) is 1. The van der Waals surface area contributed by atoms with E-state index in [-0.39, 0.29) is 10.6 Å². The van der Waals surface area contributed by atoms with Gasteiger partial charge in [-0.1, -0.05) is 30.7 Å². The Morgan fingerprint density at radius 1 is 1.47 bits per heavy atom. The van der Waals surface area contributed by atoms with Gasteiger partial charge in [0, 0.05) is 13.1 Å². The zero-order valence-corrected chi connectivity index (χ0v) is 13.0. The van der Waals surface area contributed by atoms with Gasteiger partial charge in [-0.15, -0.1) is 0 Å². The molecule has 0 unspecified atom stereocenters. The van der Waals surface area contributed by atoms with Crippen LogP contribution in [0.3, 0.4) is 0 Å². The molecule has 0 aliphatic rings. The minimum Gasteiger partial charge on any atom is -0.397 e. The number of aryl methyl sites for hydroxylation is 1. The Hall–Kier alpha value is -1.04. The van der Waals surface area contributed by atoms with Crippen molar-refractivity contribution in [3.8, 4) is 0 Å². The number of halogens is 1. The Kier molecular flexibility index (Phi) is 5.01. The molecule has 0 radical (unpaired) electrons. The van der Waals surface area contributed by atoms with Crippen LogP contribution < -0.4 is 5.73 Å². The van der Waals surface area contributed by atoms with E-state index in [2.05, 4.69) is 6.58 Å². The van der Waals surface area contributed by atoms with Crippen LogP contribution in [0.1, 0.15) is 19.4 Å². The molecule has 0 saturated carbocycles. The Morgan fingerprint density at radius 3 is 2.47 bits per heavy atom. The fourth-order valence-electron chi connectivity index (χ4n) is 1.73. The van der Waals surface area contributed by atoms with Crippen molar-refractivity contribution in [2.75, 3.05) is 18.8 Å². The largest absolute Gasteiger partial charge is 0.397 e. The highest BCUT2D eigenvalue weighted by atomic mass is 35.5. The molecule has 0 aromatic heterocycles. The molecule has 0 atom stereocenters. The van der Waals surface area contributed by atoms with Crippen molar-refractivity contribution in [2.24, 2.45) is 0 Å². The summed E-state index contributed by atoms with van der Waals surface area (Å²) in [6.07, 6.45) is 0. The van der Waals surface area contributed by atoms with Gasteiger partial charge in [-0.25, -0.2) is 8.42 Å². The highest BCUT2D eigenvalue weighted by Crippen LogP contribution is 2.28. The normalized spacial score (nSPS) is 11.8. The maximum absolute atomic E-state index is 12.5. The molecule has 0 fully saturated rings. The van der Waals surface area contributed by atoms with Crippen molar-refractivity contribution in [2.45, 2.75) is 25.7 Å². The van der Waals surface area contributed by atoms with Gasteiger partial charge in [0.25, 0.3) is 0 Å². The average molecular weight is 303 g/mol. The van der Waals surface area contributed by atoms with Gasteiger partial charge in [0.15, 0.2) is 0 Å². The monoisotopic (exact) mass is 302 g/mol. The summed E-state index contributed by atoms with van der Waals surface area (Å²) in [4.78, 5) is 0.162. The van der Waals surface area contributed by atoms with Crippen LogP contribution >= 0.6 is 11.6 Å². The first-order chi connectivity index (χ1) is 8.70. The number of sulfonamides is 1. The number of anilines is 1. The Bertz CT molecular complexity index is 574. The number of benzene rings is 1. The van der Waals surface area contributed by atoms with Crippen LogP contribution in [0.2, 0.25) is 5.02 Å². The van der Waals surface area contributed by atoms with Gasteiger partial charge >= 0.3 is 0 Å². The number of hydrogen-bond donors (Lipinski definition) is 1. The second-order valence-corrected chi connectivity index (χ2v) is 6.85. The Labute approximate surface area is 119 Å². The first-order valence-corrected chi connectivity index (χ1v) is 7.72. The van der Waals surface area contributed by atoms with Gasteiger partial charge in [-0.2, -0.15) is 4.31 Å². The van der Waals surface area contributed by atoms with Crippen molar-refractivity contribution >= 4 is 27.3 Å². The molecule has 0 heterocycles. The lowest BCUT2D eigenvalue weighted by atomic mass is 10.2. The van der Waals surface area contributed by atoms with E-state index in [0.717, 1.165) is 5.57 Å². The first-order valence-electron chi connectivity index (χ1n) is 5.90. The van der Waals surface area contributed by atoms with Gasteiger partial charge in [0.05, 0.1) is 15.6 Å². The molecule has 0 aliphatic carbocycles. The molecule has 1 aromatic rings. The number of nitrogen functional groups attached to an aromatic ring is 1. The molecule has 0 spiro atoms. The highest BCUT2D eigenvalue weighted by molar-refractivity contribution is 7.89. The second-order valence-electron chi connectivity index (χ2n) is 4.53. The fraction of sp³-hybridized carbons (Fsp3) is 0.385. The summed E-state index contributed by atoms with van der Waals surface area (Å²) in [5, 5.41) is 0.391. The van der Waals surface area contributed by atoms with Crippen LogP contribution in [0.25, 0.3) is 0 Å². The van der Waals surface area contributed by atoms with Crippen LogP contribution in [0.15, 0.2) is 29.2 Å². The number of nitrogens with zero attached hydrogens (tertiary/aromatic N) is 1. The van der Waals surface area contributed by atoms with Crippen molar-refractivity contribution in [1.82, 2.24) is 4.31 Å². The minimum absolute atomic E-state index is 0.162. The molecule has 19 heavy (non-hydrogen) atoms. The molecule has 1 aromatic carbocycles. The third-order valence-electron chi connectivity index (χ3n) is 2.69. The van der Waals surface area contributed by atoms with Gasteiger partial charge < -0.3 is 5.73 Å². The summed E-state index contributed by atoms with van der Waals surface area (Å²) < 4.78 is 26.4. The zero-order valence-electron chi connectivity index (χ0n) is 11.4. The van der Waals surface area contributed by atoms with Crippen LogP contribution in [0.5, 0.6) is 0 Å². The van der Waals surface area contributed by atoms with Crippen molar-refractivity contribution in [3.63, 3.8) is 0 Å². The van der Waals surface area contributed by atoms with Crippen molar-refractivity contribution in [1.29, 1.82) is 0 Å². The van der Waals surface area contributed by atoms with E-state index in [4.69, 9.17) is 17.3 Å².